The van der Waals surface area contributed by atoms with E-state index in [4.69, 9.17) is 5.11 Å². The lowest BCUT2D eigenvalue weighted by Crippen LogP contribution is -2.26. The quantitative estimate of drug-likeness (QED) is 0.865. The second-order valence-electron chi connectivity index (χ2n) is 4.58. The first-order valence-electron chi connectivity index (χ1n) is 6.47. The Labute approximate surface area is 125 Å². The fourth-order valence-corrected chi connectivity index (χ4v) is 2.49. The molecule has 0 aliphatic heterocycles. The molecule has 2 rings (SSSR count). The van der Waals surface area contributed by atoms with Crippen LogP contribution in [-0.2, 0) is 6.54 Å². The van der Waals surface area contributed by atoms with Gasteiger partial charge in [-0.05, 0) is 6.42 Å². The molecule has 2 heterocycles. The first-order valence-corrected chi connectivity index (χ1v) is 7.35. The molecule has 2 aromatic rings. The van der Waals surface area contributed by atoms with E-state index in [1.807, 2.05) is 11.9 Å². The van der Waals surface area contributed by atoms with Crippen molar-refractivity contribution in [2.24, 2.45) is 0 Å². The van der Waals surface area contributed by atoms with E-state index in [2.05, 4.69) is 17.0 Å². The van der Waals surface area contributed by atoms with E-state index in [9.17, 15) is 9.59 Å². The standard InChI is InChI=1S/C13H16N4O3S/c1-3-4-16(2)10-5-11(18)17(14-6-10)7-9-8-21-12(15-9)13(19)20/h5-6,8H,3-4,7H2,1-2H3,(H,19,20). The molecule has 1 N–H and O–H groups in total. The highest BCUT2D eigenvalue weighted by atomic mass is 32.1. The Morgan fingerprint density at radius 2 is 2.29 bits per heavy atom. The van der Waals surface area contributed by atoms with Crippen molar-refractivity contribution >= 4 is 23.0 Å². The highest BCUT2D eigenvalue weighted by molar-refractivity contribution is 7.11. The highest BCUT2D eigenvalue weighted by Gasteiger charge is 2.10. The van der Waals surface area contributed by atoms with Crippen LogP contribution in [0.25, 0.3) is 0 Å². The fourth-order valence-electron chi connectivity index (χ4n) is 1.85. The number of carboxylic acid groups (broad SMARTS) is 1. The minimum atomic E-state index is -1.07. The molecule has 2 aromatic heterocycles. The van der Waals surface area contributed by atoms with Gasteiger partial charge in [0.2, 0.25) is 5.01 Å². The number of rotatable bonds is 6. The van der Waals surface area contributed by atoms with Crippen LogP contribution in [0.4, 0.5) is 5.69 Å². The number of thiazole rings is 1. The first kappa shape index (κ1) is 15.2. The Hall–Kier alpha value is -2.22. The van der Waals surface area contributed by atoms with Crippen molar-refractivity contribution in [1.29, 1.82) is 0 Å². The van der Waals surface area contributed by atoms with Crippen molar-refractivity contribution in [1.82, 2.24) is 14.8 Å². The number of carboxylic acids is 1. The number of hydrogen-bond donors (Lipinski definition) is 1. The van der Waals surface area contributed by atoms with Crippen LogP contribution >= 0.6 is 11.3 Å². The number of aromatic carboxylic acids is 1. The van der Waals surface area contributed by atoms with E-state index >= 15 is 0 Å². The van der Waals surface area contributed by atoms with Crippen molar-refractivity contribution < 1.29 is 9.90 Å². The molecule has 0 amide bonds. The molecule has 0 aliphatic carbocycles. The predicted molar refractivity (Wildman–Crippen MR) is 80.2 cm³/mol. The molecule has 0 radical (unpaired) electrons. The Bertz CT molecular complexity index is 695. The lowest BCUT2D eigenvalue weighted by atomic mass is 10.3. The first-order chi connectivity index (χ1) is 10.0. The molecule has 0 atom stereocenters. The smallest absolute Gasteiger partial charge is 0.365 e. The summed E-state index contributed by atoms with van der Waals surface area (Å²) >= 11 is 1.04. The average Bonchev–Trinajstić information content (AvgIpc) is 2.90. The van der Waals surface area contributed by atoms with Crippen molar-refractivity contribution in [2.45, 2.75) is 19.9 Å². The van der Waals surface area contributed by atoms with Crippen LogP contribution in [0.5, 0.6) is 0 Å². The number of aromatic nitrogens is 3. The minimum absolute atomic E-state index is 0.0114. The van der Waals surface area contributed by atoms with Crippen molar-refractivity contribution in [2.75, 3.05) is 18.5 Å². The Kier molecular flexibility index (Phi) is 4.69. The van der Waals surface area contributed by atoms with Crippen LogP contribution in [0.2, 0.25) is 0 Å². The fraction of sp³-hybridized carbons (Fsp3) is 0.385. The summed E-state index contributed by atoms with van der Waals surface area (Å²) < 4.78 is 1.27. The summed E-state index contributed by atoms with van der Waals surface area (Å²) in [5.41, 5.74) is 1.05. The van der Waals surface area contributed by atoms with Gasteiger partial charge in [-0.2, -0.15) is 5.10 Å². The number of nitrogens with zero attached hydrogens (tertiary/aromatic N) is 4. The lowest BCUT2D eigenvalue weighted by Gasteiger charge is -2.17. The zero-order valence-corrected chi connectivity index (χ0v) is 12.6. The van der Waals surface area contributed by atoms with Gasteiger partial charge in [0, 0.05) is 25.0 Å². The maximum absolute atomic E-state index is 12.0. The van der Waals surface area contributed by atoms with E-state index in [0.29, 0.717) is 5.69 Å². The van der Waals surface area contributed by atoms with Crippen LogP contribution in [-0.4, -0.2) is 39.4 Å². The largest absolute Gasteiger partial charge is 0.476 e. The van der Waals surface area contributed by atoms with Gasteiger partial charge >= 0.3 is 5.97 Å². The van der Waals surface area contributed by atoms with Gasteiger partial charge in [-0.1, -0.05) is 6.92 Å². The van der Waals surface area contributed by atoms with E-state index < -0.39 is 5.97 Å². The Morgan fingerprint density at radius 3 is 2.86 bits per heavy atom. The molecule has 0 aliphatic rings. The Morgan fingerprint density at radius 1 is 1.52 bits per heavy atom. The maximum atomic E-state index is 12.0. The van der Waals surface area contributed by atoms with E-state index in [1.54, 1.807) is 11.6 Å². The summed E-state index contributed by atoms with van der Waals surface area (Å²) in [6.07, 6.45) is 2.61. The molecular formula is C13H16N4O3S. The van der Waals surface area contributed by atoms with Crippen molar-refractivity contribution in [3.63, 3.8) is 0 Å². The average molecular weight is 308 g/mol. The van der Waals surface area contributed by atoms with Crippen LogP contribution in [0.15, 0.2) is 22.4 Å². The van der Waals surface area contributed by atoms with Gasteiger partial charge in [0.25, 0.3) is 5.56 Å². The SMILES string of the molecule is CCCN(C)c1cnn(Cc2csc(C(=O)O)n2)c(=O)c1. The molecule has 0 unspecified atom stereocenters. The van der Waals surface area contributed by atoms with Gasteiger partial charge in [0.15, 0.2) is 0 Å². The number of hydrogen-bond acceptors (Lipinski definition) is 6. The van der Waals surface area contributed by atoms with Crippen LogP contribution in [0, 0.1) is 0 Å². The third-order valence-electron chi connectivity index (χ3n) is 2.90. The predicted octanol–water partition coefficient (Wildman–Crippen LogP) is 1.29. The third-order valence-corrected chi connectivity index (χ3v) is 3.78. The minimum Gasteiger partial charge on any atom is -0.476 e. The summed E-state index contributed by atoms with van der Waals surface area (Å²) in [5.74, 6) is -1.07. The summed E-state index contributed by atoms with van der Waals surface area (Å²) in [4.78, 5) is 28.7. The lowest BCUT2D eigenvalue weighted by molar-refractivity contribution is 0.0696. The molecule has 0 saturated heterocycles. The van der Waals surface area contributed by atoms with Gasteiger partial charge in [0.1, 0.15) is 0 Å². The number of carbonyl (C=O) groups is 1. The molecule has 0 spiro atoms. The van der Waals surface area contributed by atoms with E-state index in [1.165, 1.54) is 10.7 Å². The normalized spacial score (nSPS) is 10.6. The van der Waals surface area contributed by atoms with Crippen LogP contribution < -0.4 is 10.5 Å². The molecule has 8 heteroatoms. The van der Waals surface area contributed by atoms with Gasteiger partial charge in [-0.3, -0.25) is 4.79 Å². The summed E-state index contributed by atoms with van der Waals surface area (Å²) in [7, 11) is 1.91. The monoisotopic (exact) mass is 308 g/mol. The topological polar surface area (TPSA) is 88.3 Å². The molecule has 0 fully saturated rings. The number of anilines is 1. The van der Waals surface area contributed by atoms with Crippen molar-refractivity contribution in [3.8, 4) is 0 Å². The van der Waals surface area contributed by atoms with Gasteiger partial charge < -0.3 is 10.0 Å². The molecule has 7 nitrogen and oxygen atoms in total. The van der Waals surface area contributed by atoms with Gasteiger partial charge in [-0.25, -0.2) is 14.5 Å². The van der Waals surface area contributed by atoms with E-state index in [-0.39, 0.29) is 17.1 Å². The summed E-state index contributed by atoms with van der Waals surface area (Å²) in [5, 5.41) is 14.6. The molecule has 21 heavy (non-hydrogen) atoms. The zero-order valence-electron chi connectivity index (χ0n) is 11.8. The highest BCUT2D eigenvalue weighted by Crippen LogP contribution is 2.11. The van der Waals surface area contributed by atoms with Crippen LogP contribution in [0.3, 0.4) is 0 Å². The molecular weight excluding hydrogens is 292 g/mol. The summed E-state index contributed by atoms with van der Waals surface area (Å²) in [6, 6.07) is 1.52. The second-order valence-corrected chi connectivity index (χ2v) is 5.44. The van der Waals surface area contributed by atoms with Gasteiger partial charge in [0.05, 0.1) is 24.1 Å². The molecule has 0 saturated carbocycles. The zero-order chi connectivity index (χ0) is 15.4. The molecule has 0 aromatic carbocycles. The molecule has 112 valence electrons. The third kappa shape index (κ3) is 3.66. The van der Waals surface area contributed by atoms with Gasteiger partial charge in [-0.15, -0.1) is 11.3 Å². The maximum Gasteiger partial charge on any atom is 0.365 e. The summed E-state index contributed by atoms with van der Waals surface area (Å²) in [6.45, 7) is 3.08. The van der Waals surface area contributed by atoms with Crippen LogP contribution in [0.1, 0.15) is 28.8 Å². The Balaban J connectivity index is 2.17. The van der Waals surface area contributed by atoms with Crippen molar-refractivity contribution in [3.05, 3.63) is 38.7 Å². The van der Waals surface area contributed by atoms with E-state index in [0.717, 1.165) is 30.0 Å². The second kappa shape index (κ2) is 6.49. The molecule has 0 bridgehead atoms.